The third kappa shape index (κ3) is 15.4. The number of aryl methyl sites for hydroxylation is 6. The van der Waals surface area contributed by atoms with Crippen LogP contribution < -0.4 is 0 Å². The summed E-state index contributed by atoms with van der Waals surface area (Å²) in [5, 5.41) is 0. The lowest BCUT2D eigenvalue weighted by Gasteiger charge is -2.01. The minimum absolute atomic E-state index is 0. The van der Waals surface area contributed by atoms with Crippen LogP contribution in [0.1, 0.15) is 61.6 Å². The van der Waals surface area contributed by atoms with E-state index in [1.54, 1.807) is 0 Å². The zero-order valence-corrected chi connectivity index (χ0v) is 28.7. The molecule has 0 nitrogen and oxygen atoms in total. The number of hydrogen-bond acceptors (Lipinski definition) is 0. The van der Waals surface area contributed by atoms with Crippen molar-refractivity contribution in [3.63, 3.8) is 0 Å². The highest BCUT2D eigenvalue weighted by Gasteiger charge is 1.95. The first kappa shape index (κ1) is 39.3. The molecule has 0 radical (unpaired) electrons. The zero-order chi connectivity index (χ0) is 32.9. The second kappa shape index (κ2) is 22.8. The van der Waals surface area contributed by atoms with Gasteiger partial charge in [0.05, 0.1) is 0 Å². The van der Waals surface area contributed by atoms with E-state index in [4.69, 9.17) is 0 Å². The Hall–Kier alpha value is -4.68. The highest BCUT2D eigenvalue weighted by atomic mass is 14.0. The lowest BCUT2D eigenvalue weighted by atomic mass is 10.0. The third-order valence-corrected chi connectivity index (χ3v) is 7.00. The van der Waals surface area contributed by atoms with Gasteiger partial charge in [-0.2, -0.15) is 0 Å². The van der Waals surface area contributed by atoms with Crippen LogP contribution in [0.4, 0.5) is 0 Å². The maximum Gasteiger partial charge on any atom is -0.0181 e. The Morgan fingerprint density at radius 3 is 0.935 bits per heavy atom. The normalized spacial score (nSPS) is 9.22. The monoisotopic (exact) mass is 608 g/mol. The summed E-state index contributed by atoms with van der Waals surface area (Å²) in [5.74, 6) is 0. The molecule has 6 rings (SSSR count). The molecule has 0 bridgehead atoms. The molecule has 0 aliphatic heterocycles. The maximum atomic E-state index is 2.20. The molecular formula is C46H56. The van der Waals surface area contributed by atoms with Gasteiger partial charge in [-0.25, -0.2) is 0 Å². The lowest BCUT2D eigenvalue weighted by molar-refractivity contribution is 1.14. The van der Waals surface area contributed by atoms with Gasteiger partial charge in [-0.15, -0.1) is 0 Å². The SMILES string of the molecule is C.CC.CCc1ccc(C)cc1.Cc1ccc(C)cc1.Cc1cccc(-c2ccccc2)c1.Cc1cccc(-c2ccccc2)c1. The van der Waals surface area contributed by atoms with Crippen molar-refractivity contribution in [1.29, 1.82) is 0 Å². The number of hydrogen-bond donors (Lipinski definition) is 0. The Balaban J connectivity index is 0.000000305. The van der Waals surface area contributed by atoms with Crippen molar-refractivity contribution in [1.82, 2.24) is 0 Å². The predicted molar refractivity (Wildman–Crippen MR) is 208 cm³/mol. The van der Waals surface area contributed by atoms with E-state index in [1.165, 1.54) is 55.6 Å². The van der Waals surface area contributed by atoms with Crippen LogP contribution in [0, 0.1) is 34.6 Å². The van der Waals surface area contributed by atoms with Gasteiger partial charge >= 0.3 is 0 Å². The second-order valence-corrected chi connectivity index (χ2v) is 11.0. The fraction of sp³-hybridized carbons (Fsp3) is 0.217. The average molecular weight is 609 g/mol. The maximum absolute atomic E-state index is 2.20. The van der Waals surface area contributed by atoms with E-state index in [2.05, 4.69) is 187 Å². The molecule has 0 aromatic heterocycles. The molecule has 240 valence electrons. The smallest absolute Gasteiger partial charge is 0.0181 e. The summed E-state index contributed by atoms with van der Waals surface area (Å²) in [6, 6.07) is 55.1. The molecule has 0 saturated heterocycles. The van der Waals surface area contributed by atoms with Gasteiger partial charge in [0.2, 0.25) is 0 Å². The molecule has 6 aromatic rings. The summed E-state index contributed by atoms with van der Waals surface area (Å²) in [6.45, 7) is 16.7. The van der Waals surface area contributed by atoms with Crippen molar-refractivity contribution in [2.75, 3.05) is 0 Å². The first-order valence-corrected chi connectivity index (χ1v) is 16.2. The van der Waals surface area contributed by atoms with Crippen LogP contribution in [0.3, 0.4) is 0 Å². The standard InChI is InChI=1S/2C13H12.C9H12.C8H10.C2H6.CH4/c2*1-11-6-5-9-13(10-11)12-7-3-2-4-8-12;1-3-9-6-4-8(2)5-7-9;1-7-3-5-8(2)6-4-7;1-2;/h2*2-10H,1H3;4-7H,3H2,1-2H3;3-6H,1-2H3;1-2H3;1H4. The summed E-state index contributed by atoms with van der Waals surface area (Å²) in [7, 11) is 0. The highest BCUT2D eigenvalue weighted by Crippen LogP contribution is 2.20. The van der Waals surface area contributed by atoms with Gasteiger partial charge in [0.25, 0.3) is 0 Å². The van der Waals surface area contributed by atoms with Crippen LogP contribution >= 0.6 is 0 Å². The Bertz CT molecular complexity index is 1490. The molecule has 0 amide bonds. The largest absolute Gasteiger partial charge is 0.0776 e. The second-order valence-electron chi connectivity index (χ2n) is 11.0. The number of benzene rings is 6. The molecule has 6 aromatic carbocycles. The van der Waals surface area contributed by atoms with Gasteiger partial charge in [-0.1, -0.05) is 214 Å². The Labute approximate surface area is 281 Å². The Morgan fingerprint density at radius 2 is 0.630 bits per heavy atom. The zero-order valence-electron chi connectivity index (χ0n) is 28.7. The summed E-state index contributed by atoms with van der Waals surface area (Å²) in [6.07, 6.45) is 1.14. The molecule has 0 atom stereocenters. The van der Waals surface area contributed by atoms with Gasteiger partial charge in [-0.05, 0) is 68.9 Å². The van der Waals surface area contributed by atoms with Crippen LogP contribution in [0.25, 0.3) is 22.3 Å². The first-order valence-electron chi connectivity index (χ1n) is 16.2. The minimum Gasteiger partial charge on any atom is -0.0776 e. The fourth-order valence-corrected chi connectivity index (χ4v) is 4.37. The highest BCUT2D eigenvalue weighted by molar-refractivity contribution is 5.64. The van der Waals surface area contributed by atoms with Crippen LogP contribution in [0.2, 0.25) is 0 Å². The van der Waals surface area contributed by atoms with E-state index < -0.39 is 0 Å². The van der Waals surface area contributed by atoms with Gasteiger partial charge < -0.3 is 0 Å². The van der Waals surface area contributed by atoms with Crippen molar-refractivity contribution in [3.05, 3.63) is 191 Å². The molecule has 46 heavy (non-hydrogen) atoms. The summed E-state index contributed by atoms with van der Waals surface area (Å²) >= 11 is 0. The van der Waals surface area contributed by atoms with Gasteiger partial charge in [0.15, 0.2) is 0 Å². The molecule has 0 aliphatic rings. The van der Waals surface area contributed by atoms with Gasteiger partial charge in [0, 0.05) is 0 Å². The fourth-order valence-electron chi connectivity index (χ4n) is 4.37. The first-order chi connectivity index (χ1) is 21.8. The van der Waals surface area contributed by atoms with Crippen LogP contribution in [0.15, 0.2) is 158 Å². The van der Waals surface area contributed by atoms with E-state index >= 15 is 0 Å². The van der Waals surface area contributed by atoms with E-state index in [0.29, 0.717) is 0 Å². The molecule has 0 heterocycles. The summed E-state index contributed by atoms with van der Waals surface area (Å²) < 4.78 is 0. The number of rotatable bonds is 3. The quantitative estimate of drug-likeness (QED) is 0.187. The van der Waals surface area contributed by atoms with E-state index in [9.17, 15) is 0 Å². The van der Waals surface area contributed by atoms with Crippen LogP contribution in [-0.4, -0.2) is 0 Å². The lowest BCUT2D eigenvalue weighted by Crippen LogP contribution is -1.77. The Morgan fingerprint density at radius 1 is 0.326 bits per heavy atom. The van der Waals surface area contributed by atoms with E-state index in [-0.39, 0.29) is 7.43 Å². The van der Waals surface area contributed by atoms with E-state index in [0.717, 1.165) is 6.42 Å². The van der Waals surface area contributed by atoms with Crippen molar-refractivity contribution in [3.8, 4) is 22.3 Å². The van der Waals surface area contributed by atoms with E-state index in [1.807, 2.05) is 26.0 Å². The molecule has 0 unspecified atom stereocenters. The molecule has 0 fully saturated rings. The minimum atomic E-state index is 0. The third-order valence-electron chi connectivity index (χ3n) is 7.00. The average Bonchev–Trinajstić information content (AvgIpc) is 3.09. The topological polar surface area (TPSA) is 0 Å². The predicted octanol–water partition coefficient (Wildman–Crippen LogP) is 13.8. The summed E-state index contributed by atoms with van der Waals surface area (Å²) in [5.41, 5.74) is 13.2. The molecule has 0 N–H and O–H groups in total. The molecule has 0 heteroatoms. The Kier molecular flexibility index (Phi) is 19.5. The van der Waals surface area contributed by atoms with Crippen molar-refractivity contribution in [2.45, 2.75) is 69.2 Å². The van der Waals surface area contributed by atoms with Gasteiger partial charge in [0.1, 0.15) is 0 Å². The van der Waals surface area contributed by atoms with Crippen molar-refractivity contribution < 1.29 is 0 Å². The summed E-state index contributed by atoms with van der Waals surface area (Å²) in [4.78, 5) is 0. The molecular weight excluding hydrogens is 553 g/mol. The van der Waals surface area contributed by atoms with Gasteiger partial charge in [-0.3, -0.25) is 0 Å². The molecule has 0 spiro atoms. The van der Waals surface area contributed by atoms with Crippen LogP contribution in [0.5, 0.6) is 0 Å². The molecule has 0 aliphatic carbocycles. The van der Waals surface area contributed by atoms with Crippen molar-refractivity contribution >= 4 is 0 Å². The molecule has 0 saturated carbocycles. The van der Waals surface area contributed by atoms with Crippen molar-refractivity contribution in [2.24, 2.45) is 0 Å². The van der Waals surface area contributed by atoms with Crippen LogP contribution in [-0.2, 0) is 6.42 Å².